The molecule has 1 aliphatic carbocycles. The monoisotopic (exact) mass is 374 g/mol. The topological polar surface area (TPSA) is 33.2 Å². The lowest BCUT2D eigenvalue weighted by molar-refractivity contribution is 0.0811. The van der Waals surface area contributed by atoms with E-state index < -0.39 is 0 Å². The van der Waals surface area contributed by atoms with Crippen LogP contribution >= 0.6 is 22.9 Å². The van der Waals surface area contributed by atoms with Crippen molar-refractivity contribution in [1.29, 1.82) is 0 Å². The van der Waals surface area contributed by atoms with Gasteiger partial charge in [-0.05, 0) is 69.3 Å². The summed E-state index contributed by atoms with van der Waals surface area (Å²) in [6, 6.07) is 7.29. The van der Waals surface area contributed by atoms with Crippen LogP contribution < -0.4 is 0 Å². The molecular weight excluding hydrogens is 352 g/mol. The van der Waals surface area contributed by atoms with Crippen LogP contribution in [0.4, 0.5) is 0 Å². The first kappa shape index (κ1) is 17.2. The Balaban J connectivity index is 1.41. The third-order valence-electron chi connectivity index (χ3n) is 5.25. The fourth-order valence-corrected chi connectivity index (χ4v) is 5.25. The maximum atomic E-state index is 12.8. The van der Waals surface area contributed by atoms with Crippen LogP contribution in [0, 0.1) is 5.92 Å². The van der Waals surface area contributed by atoms with E-state index in [2.05, 4.69) is 4.90 Å². The Morgan fingerprint density at radius 3 is 2.80 bits per heavy atom. The molecule has 3 nitrogen and oxygen atoms in total. The number of likely N-dealkylation sites (tertiary alicyclic amines) is 1. The second kappa shape index (κ2) is 7.56. The van der Waals surface area contributed by atoms with Gasteiger partial charge in [-0.3, -0.25) is 9.69 Å². The summed E-state index contributed by atoms with van der Waals surface area (Å²) in [4.78, 5) is 21.5. The molecule has 0 saturated carbocycles. The van der Waals surface area contributed by atoms with Crippen LogP contribution in [-0.4, -0.2) is 28.8 Å². The minimum Gasteiger partial charge on any atom is -0.296 e. The van der Waals surface area contributed by atoms with Crippen LogP contribution in [0.1, 0.15) is 51.6 Å². The molecule has 1 unspecified atom stereocenters. The predicted octanol–water partition coefficient (Wildman–Crippen LogP) is 4.77. The number of aromatic nitrogens is 1. The highest BCUT2D eigenvalue weighted by Crippen LogP contribution is 2.29. The number of hydrogen-bond donors (Lipinski definition) is 0. The summed E-state index contributed by atoms with van der Waals surface area (Å²) in [6.07, 6.45) is 6.98. The van der Waals surface area contributed by atoms with Gasteiger partial charge in [-0.1, -0.05) is 11.6 Å². The van der Waals surface area contributed by atoms with Crippen LogP contribution in [0.2, 0.25) is 5.02 Å². The van der Waals surface area contributed by atoms with Crippen molar-refractivity contribution in [2.24, 2.45) is 5.92 Å². The molecule has 0 N–H and O–H groups in total. The van der Waals surface area contributed by atoms with Gasteiger partial charge in [0.2, 0.25) is 0 Å². The Morgan fingerprint density at radius 2 is 2.00 bits per heavy atom. The molecule has 0 amide bonds. The zero-order valence-electron chi connectivity index (χ0n) is 14.3. The number of carbonyl (C=O) groups is 1. The summed E-state index contributed by atoms with van der Waals surface area (Å²) in [5, 5.41) is 1.90. The van der Waals surface area contributed by atoms with E-state index in [1.165, 1.54) is 34.8 Å². The Hall–Kier alpha value is -1.23. The summed E-state index contributed by atoms with van der Waals surface area (Å²) in [6.45, 7) is 2.79. The molecule has 2 aliphatic rings. The lowest BCUT2D eigenvalue weighted by Gasteiger charge is -2.31. The number of fused-ring (bicyclic) bond motifs is 1. The van der Waals surface area contributed by atoms with Crippen molar-refractivity contribution in [3.05, 3.63) is 50.4 Å². The van der Waals surface area contributed by atoms with E-state index in [1.807, 2.05) is 23.5 Å². The average molecular weight is 375 g/mol. The molecule has 0 spiro atoms. The maximum absolute atomic E-state index is 12.8. The second-order valence-corrected chi connectivity index (χ2v) is 8.73. The normalized spacial score (nSPS) is 21.1. The van der Waals surface area contributed by atoms with Crippen molar-refractivity contribution in [3.8, 4) is 0 Å². The van der Waals surface area contributed by atoms with Gasteiger partial charge in [0.1, 0.15) is 5.01 Å². The van der Waals surface area contributed by atoms with Crippen molar-refractivity contribution < 1.29 is 4.79 Å². The first-order valence-corrected chi connectivity index (χ1v) is 10.4. The summed E-state index contributed by atoms with van der Waals surface area (Å²) in [7, 11) is 0. The van der Waals surface area contributed by atoms with E-state index in [0.717, 1.165) is 44.5 Å². The Kier molecular flexibility index (Phi) is 5.20. The molecule has 1 fully saturated rings. The number of aryl methyl sites for hydroxylation is 2. The molecule has 1 saturated heterocycles. The van der Waals surface area contributed by atoms with Crippen molar-refractivity contribution in [2.75, 3.05) is 13.1 Å². The van der Waals surface area contributed by atoms with Gasteiger partial charge in [-0.25, -0.2) is 4.98 Å². The third kappa shape index (κ3) is 3.97. The van der Waals surface area contributed by atoms with Crippen LogP contribution in [0.25, 0.3) is 0 Å². The number of thiazole rings is 1. The molecule has 1 aromatic carbocycles. The van der Waals surface area contributed by atoms with Gasteiger partial charge >= 0.3 is 0 Å². The van der Waals surface area contributed by atoms with Crippen LogP contribution in [0.3, 0.4) is 0 Å². The third-order valence-corrected chi connectivity index (χ3v) is 6.65. The number of Topliss-reactive ketones (excluding diaryl/α,β-unsaturated/α-hetero) is 1. The molecule has 1 aromatic heterocycles. The summed E-state index contributed by atoms with van der Waals surface area (Å²) in [5.41, 5.74) is 2.11. The molecule has 132 valence electrons. The highest BCUT2D eigenvalue weighted by molar-refractivity contribution is 7.11. The molecule has 0 bridgehead atoms. The fraction of sp³-hybridized carbons (Fsp3) is 0.500. The average Bonchev–Trinajstić information content (AvgIpc) is 3.04. The van der Waals surface area contributed by atoms with Gasteiger partial charge in [0.05, 0.1) is 12.2 Å². The first-order chi connectivity index (χ1) is 12.2. The number of nitrogens with zero attached hydrogens (tertiary/aromatic N) is 2. The molecule has 5 heteroatoms. The minimum absolute atomic E-state index is 0.0875. The summed E-state index contributed by atoms with van der Waals surface area (Å²) < 4.78 is 0. The van der Waals surface area contributed by atoms with Gasteiger partial charge in [0.25, 0.3) is 0 Å². The van der Waals surface area contributed by atoms with E-state index in [-0.39, 0.29) is 11.7 Å². The van der Waals surface area contributed by atoms with Crippen molar-refractivity contribution in [3.63, 3.8) is 0 Å². The summed E-state index contributed by atoms with van der Waals surface area (Å²) in [5.74, 6) is 0.337. The Labute approximate surface area is 158 Å². The fourth-order valence-electron chi connectivity index (χ4n) is 3.93. The number of hydrogen-bond acceptors (Lipinski definition) is 4. The maximum Gasteiger partial charge on any atom is 0.167 e. The molecule has 0 radical (unpaired) electrons. The lowest BCUT2D eigenvalue weighted by atomic mass is 9.90. The number of rotatable bonds is 4. The van der Waals surface area contributed by atoms with Crippen molar-refractivity contribution >= 4 is 28.7 Å². The molecule has 4 rings (SSSR count). The number of piperidine rings is 1. The second-order valence-electron chi connectivity index (χ2n) is 7.13. The minimum atomic E-state index is 0.0875. The van der Waals surface area contributed by atoms with Gasteiger partial charge in [0, 0.05) is 27.9 Å². The zero-order chi connectivity index (χ0) is 17.2. The highest BCUT2D eigenvalue weighted by atomic mass is 35.5. The number of carbonyl (C=O) groups excluding carboxylic acids is 1. The molecular formula is C20H23ClN2OS. The SMILES string of the molecule is O=C(c1ccc(Cl)cc1)C1CCCN(Cc2nc3c(s2)CCCC3)C1. The van der Waals surface area contributed by atoms with Crippen molar-refractivity contribution in [2.45, 2.75) is 45.1 Å². The molecule has 2 heterocycles. The van der Waals surface area contributed by atoms with Crippen LogP contribution in [-0.2, 0) is 19.4 Å². The number of halogens is 1. The quantitative estimate of drug-likeness (QED) is 0.722. The molecule has 2 aromatic rings. The van der Waals surface area contributed by atoms with Crippen LogP contribution in [0.15, 0.2) is 24.3 Å². The highest BCUT2D eigenvalue weighted by Gasteiger charge is 2.27. The van der Waals surface area contributed by atoms with E-state index in [1.54, 1.807) is 12.1 Å². The lowest BCUT2D eigenvalue weighted by Crippen LogP contribution is -2.38. The predicted molar refractivity (Wildman–Crippen MR) is 103 cm³/mol. The summed E-state index contributed by atoms with van der Waals surface area (Å²) >= 11 is 7.82. The Morgan fingerprint density at radius 1 is 1.20 bits per heavy atom. The molecule has 1 atom stereocenters. The van der Waals surface area contributed by atoms with E-state index in [4.69, 9.17) is 16.6 Å². The molecule has 25 heavy (non-hydrogen) atoms. The van der Waals surface area contributed by atoms with Gasteiger partial charge in [-0.2, -0.15) is 0 Å². The smallest absolute Gasteiger partial charge is 0.167 e. The van der Waals surface area contributed by atoms with E-state index in [0.29, 0.717) is 5.02 Å². The van der Waals surface area contributed by atoms with Crippen LogP contribution in [0.5, 0.6) is 0 Å². The first-order valence-electron chi connectivity index (χ1n) is 9.18. The number of benzene rings is 1. The van der Waals surface area contributed by atoms with Gasteiger partial charge in [-0.15, -0.1) is 11.3 Å². The molecule has 1 aliphatic heterocycles. The van der Waals surface area contributed by atoms with E-state index >= 15 is 0 Å². The van der Waals surface area contributed by atoms with Crippen molar-refractivity contribution in [1.82, 2.24) is 9.88 Å². The number of ketones is 1. The Bertz CT molecular complexity index is 732. The zero-order valence-corrected chi connectivity index (χ0v) is 15.9. The van der Waals surface area contributed by atoms with Gasteiger partial charge < -0.3 is 0 Å². The van der Waals surface area contributed by atoms with E-state index in [9.17, 15) is 4.79 Å². The largest absolute Gasteiger partial charge is 0.296 e. The standard InChI is InChI=1S/C20H23ClN2OS/c21-16-9-7-14(8-10-16)20(24)15-4-3-11-23(12-15)13-19-22-17-5-1-2-6-18(17)25-19/h7-10,15H,1-6,11-13H2. The van der Waals surface area contributed by atoms with Gasteiger partial charge in [0.15, 0.2) is 5.78 Å².